The van der Waals surface area contributed by atoms with E-state index in [-0.39, 0.29) is 5.97 Å². The van der Waals surface area contributed by atoms with Crippen LogP contribution in [0.4, 0.5) is 0 Å². The number of allylic oxidation sites excluding steroid dienone is 3. The highest BCUT2D eigenvalue weighted by molar-refractivity contribution is 5.97. The molecule has 3 heteroatoms. The van der Waals surface area contributed by atoms with Crippen molar-refractivity contribution in [1.29, 1.82) is 0 Å². The smallest absolute Gasteiger partial charge is 0.323 e. The Bertz CT molecular complexity index is 934. The van der Waals surface area contributed by atoms with Gasteiger partial charge in [-0.2, -0.15) is 0 Å². The van der Waals surface area contributed by atoms with Crippen LogP contribution in [0.2, 0.25) is 0 Å². The molecule has 0 spiro atoms. The van der Waals surface area contributed by atoms with E-state index in [4.69, 9.17) is 4.74 Å². The number of aldehydes is 1. The molecule has 4 rings (SSSR count). The number of rotatable bonds is 3. The van der Waals surface area contributed by atoms with Crippen LogP contribution in [0.1, 0.15) is 45.8 Å². The van der Waals surface area contributed by atoms with Gasteiger partial charge in [0, 0.05) is 0 Å². The van der Waals surface area contributed by atoms with E-state index >= 15 is 0 Å². The van der Waals surface area contributed by atoms with E-state index in [0.717, 1.165) is 47.0 Å². The van der Waals surface area contributed by atoms with Crippen LogP contribution in [0.25, 0.3) is 5.57 Å². The fraction of sp³-hybridized carbons (Fsp3) is 0.182. The zero-order valence-electron chi connectivity index (χ0n) is 14.0. The number of fused-ring (bicyclic) bond motifs is 2. The number of hydrogen-bond donors (Lipinski definition) is 0. The van der Waals surface area contributed by atoms with Crippen molar-refractivity contribution < 1.29 is 14.3 Å². The van der Waals surface area contributed by atoms with Crippen LogP contribution in [0.5, 0.6) is 5.75 Å². The lowest BCUT2D eigenvalue weighted by Gasteiger charge is -2.17. The van der Waals surface area contributed by atoms with Crippen LogP contribution < -0.4 is 4.74 Å². The molecule has 2 aromatic carbocycles. The maximum Gasteiger partial charge on any atom is 0.323 e. The normalized spacial score (nSPS) is 17.9. The molecule has 3 nitrogen and oxygen atoms in total. The van der Waals surface area contributed by atoms with Crippen LogP contribution in [-0.4, -0.2) is 12.3 Å². The standard InChI is InChI=1S/C22H18O3/c1-14-10-11-15(13-23)20(12-14)25-22(24)21-18-8-4-2-6-16(18)17-7-3-5-9-19(17)21/h2-4,6-8,10-13,21H,5,9H2,1H3. The van der Waals surface area contributed by atoms with Gasteiger partial charge in [0.25, 0.3) is 0 Å². The Morgan fingerprint density at radius 1 is 1.20 bits per heavy atom. The summed E-state index contributed by atoms with van der Waals surface area (Å²) in [5, 5.41) is 0. The second-order valence-corrected chi connectivity index (χ2v) is 6.48. The second kappa shape index (κ2) is 6.17. The number of hydrogen-bond acceptors (Lipinski definition) is 3. The van der Waals surface area contributed by atoms with E-state index in [1.54, 1.807) is 12.1 Å². The molecule has 0 saturated carbocycles. The molecule has 25 heavy (non-hydrogen) atoms. The lowest BCUT2D eigenvalue weighted by Crippen LogP contribution is -2.20. The van der Waals surface area contributed by atoms with Gasteiger partial charge < -0.3 is 4.74 Å². The van der Waals surface area contributed by atoms with Gasteiger partial charge >= 0.3 is 5.97 Å². The molecular weight excluding hydrogens is 312 g/mol. The molecule has 0 heterocycles. The molecule has 0 saturated heterocycles. The van der Waals surface area contributed by atoms with Gasteiger partial charge in [-0.15, -0.1) is 0 Å². The fourth-order valence-corrected chi connectivity index (χ4v) is 3.69. The minimum absolute atomic E-state index is 0.318. The maximum absolute atomic E-state index is 13.0. The molecule has 0 bridgehead atoms. The first-order valence-electron chi connectivity index (χ1n) is 8.45. The number of carbonyl (C=O) groups excluding carboxylic acids is 2. The van der Waals surface area contributed by atoms with Crippen LogP contribution in [0.15, 0.2) is 60.2 Å². The van der Waals surface area contributed by atoms with Crippen molar-refractivity contribution in [3.05, 3.63) is 82.4 Å². The van der Waals surface area contributed by atoms with E-state index in [2.05, 4.69) is 18.2 Å². The SMILES string of the molecule is Cc1ccc(C=O)c(OC(=O)C2C3=C(C=CCC3)c3ccccc32)c1. The van der Waals surface area contributed by atoms with Crippen molar-refractivity contribution in [2.75, 3.05) is 0 Å². The molecule has 124 valence electrons. The molecule has 2 aliphatic carbocycles. The lowest BCUT2D eigenvalue weighted by molar-refractivity contribution is -0.135. The van der Waals surface area contributed by atoms with E-state index < -0.39 is 5.92 Å². The average Bonchev–Trinajstić information content (AvgIpc) is 2.96. The van der Waals surface area contributed by atoms with Crippen LogP contribution in [-0.2, 0) is 4.79 Å². The Kier molecular flexibility index (Phi) is 3.85. The van der Waals surface area contributed by atoms with E-state index in [1.165, 1.54) is 0 Å². The first kappa shape index (κ1) is 15.6. The monoisotopic (exact) mass is 330 g/mol. The average molecular weight is 330 g/mol. The van der Waals surface area contributed by atoms with Gasteiger partial charge in [0.05, 0.1) is 5.56 Å². The van der Waals surface area contributed by atoms with Crippen molar-refractivity contribution in [3.8, 4) is 5.75 Å². The zero-order chi connectivity index (χ0) is 17.4. The third-order valence-electron chi connectivity index (χ3n) is 4.86. The summed E-state index contributed by atoms with van der Waals surface area (Å²) in [7, 11) is 0. The summed E-state index contributed by atoms with van der Waals surface area (Å²) < 4.78 is 5.68. The number of esters is 1. The van der Waals surface area contributed by atoms with Gasteiger partial charge in [-0.3, -0.25) is 9.59 Å². The number of ether oxygens (including phenoxy) is 1. The maximum atomic E-state index is 13.0. The Hall–Kier alpha value is -2.94. The third kappa shape index (κ3) is 2.62. The van der Waals surface area contributed by atoms with E-state index in [9.17, 15) is 9.59 Å². The second-order valence-electron chi connectivity index (χ2n) is 6.48. The van der Waals surface area contributed by atoms with Crippen LogP contribution in [0, 0.1) is 6.92 Å². The third-order valence-corrected chi connectivity index (χ3v) is 4.86. The van der Waals surface area contributed by atoms with Crippen LogP contribution >= 0.6 is 0 Å². The minimum atomic E-state index is -0.392. The molecule has 0 amide bonds. The Morgan fingerprint density at radius 3 is 2.88 bits per heavy atom. The quantitative estimate of drug-likeness (QED) is 0.469. The minimum Gasteiger partial charge on any atom is -0.425 e. The van der Waals surface area contributed by atoms with E-state index in [0.29, 0.717) is 11.3 Å². The summed E-state index contributed by atoms with van der Waals surface area (Å²) in [6.07, 6.45) is 6.76. The fourth-order valence-electron chi connectivity index (χ4n) is 3.69. The summed E-state index contributed by atoms with van der Waals surface area (Å²) in [6.45, 7) is 1.91. The first-order valence-corrected chi connectivity index (χ1v) is 8.45. The topological polar surface area (TPSA) is 43.4 Å². The molecule has 1 atom stereocenters. The van der Waals surface area contributed by atoms with Gasteiger partial charge in [0.15, 0.2) is 6.29 Å². The molecule has 0 aromatic heterocycles. The molecule has 2 aliphatic rings. The van der Waals surface area contributed by atoms with Gasteiger partial charge in [0.2, 0.25) is 0 Å². The van der Waals surface area contributed by atoms with Crippen LogP contribution in [0.3, 0.4) is 0 Å². The van der Waals surface area contributed by atoms with Crippen molar-refractivity contribution in [3.63, 3.8) is 0 Å². The molecule has 2 aromatic rings. The summed E-state index contributed by atoms with van der Waals surface area (Å²) in [6, 6.07) is 13.2. The predicted molar refractivity (Wildman–Crippen MR) is 96.7 cm³/mol. The molecule has 1 unspecified atom stereocenters. The predicted octanol–water partition coefficient (Wildman–Crippen LogP) is 4.61. The van der Waals surface area contributed by atoms with Gasteiger partial charge in [-0.25, -0.2) is 0 Å². The van der Waals surface area contributed by atoms with Gasteiger partial charge in [-0.05, 0) is 59.7 Å². The zero-order valence-corrected chi connectivity index (χ0v) is 14.0. The molecular formula is C22H18O3. The first-order chi connectivity index (χ1) is 12.2. The summed E-state index contributed by atoms with van der Waals surface area (Å²) in [4.78, 5) is 24.3. The van der Waals surface area contributed by atoms with Crippen molar-refractivity contribution in [1.82, 2.24) is 0 Å². The highest BCUT2D eigenvalue weighted by atomic mass is 16.5. The number of aryl methyl sites for hydroxylation is 1. The molecule has 0 radical (unpaired) electrons. The van der Waals surface area contributed by atoms with Crippen molar-refractivity contribution >= 4 is 17.8 Å². The van der Waals surface area contributed by atoms with Crippen molar-refractivity contribution in [2.45, 2.75) is 25.7 Å². The summed E-state index contributed by atoms with van der Waals surface area (Å²) >= 11 is 0. The van der Waals surface area contributed by atoms with Gasteiger partial charge in [0.1, 0.15) is 11.7 Å². The molecule has 0 aliphatic heterocycles. The highest BCUT2D eigenvalue weighted by Crippen LogP contribution is 2.46. The Labute approximate surface area is 146 Å². The van der Waals surface area contributed by atoms with Gasteiger partial charge in [-0.1, -0.05) is 42.5 Å². The highest BCUT2D eigenvalue weighted by Gasteiger charge is 2.37. The number of benzene rings is 2. The lowest BCUT2D eigenvalue weighted by atomic mass is 9.91. The van der Waals surface area contributed by atoms with E-state index in [1.807, 2.05) is 31.2 Å². The Balaban J connectivity index is 1.73. The molecule has 0 fully saturated rings. The Morgan fingerprint density at radius 2 is 2.04 bits per heavy atom. The number of carbonyl (C=O) groups is 2. The summed E-state index contributed by atoms with van der Waals surface area (Å²) in [5.41, 5.74) is 5.70. The molecule has 0 N–H and O–H groups in total. The largest absolute Gasteiger partial charge is 0.425 e. The summed E-state index contributed by atoms with van der Waals surface area (Å²) in [5.74, 6) is -0.379. The van der Waals surface area contributed by atoms with Crippen molar-refractivity contribution in [2.24, 2.45) is 0 Å².